The normalized spacial score (nSPS) is 14.6. The third-order valence-electron chi connectivity index (χ3n) is 2.78. The van der Waals surface area contributed by atoms with Crippen LogP contribution in [0.3, 0.4) is 0 Å². The fourth-order valence-corrected chi connectivity index (χ4v) is 2.05. The first-order valence-electron chi connectivity index (χ1n) is 4.83. The summed E-state index contributed by atoms with van der Waals surface area (Å²) >= 11 is 0. The number of hydrogen-bond acceptors (Lipinski definition) is 1. The second-order valence-corrected chi connectivity index (χ2v) is 3.72. The van der Waals surface area contributed by atoms with E-state index in [0.717, 1.165) is 24.8 Å². The van der Waals surface area contributed by atoms with Crippen molar-refractivity contribution in [1.29, 1.82) is 0 Å². The molecular weight excluding hydrogens is 176 g/mol. The van der Waals surface area contributed by atoms with Gasteiger partial charge >= 0.3 is 0 Å². The van der Waals surface area contributed by atoms with Gasteiger partial charge < -0.3 is 4.57 Å². The highest BCUT2D eigenvalue weighted by molar-refractivity contribution is 5.54. The third-order valence-corrected chi connectivity index (χ3v) is 2.78. The lowest BCUT2D eigenvalue weighted by Crippen LogP contribution is -2.20. The second kappa shape index (κ2) is 3.30. The monoisotopic (exact) mass is 188 g/mol. The van der Waals surface area contributed by atoms with E-state index in [0.29, 0.717) is 5.69 Å². The number of fused-ring (bicyclic) bond motifs is 1. The number of pyridine rings is 1. The van der Waals surface area contributed by atoms with E-state index in [9.17, 15) is 4.79 Å². The Kier molecular flexibility index (Phi) is 2.12. The van der Waals surface area contributed by atoms with Gasteiger partial charge in [0.1, 0.15) is 0 Å². The van der Waals surface area contributed by atoms with Crippen molar-refractivity contribution in [1.82, 2.24) is 4.57 Å². The molecule has 2 rings (SSSR count). The molecule has 1 aromatic rings. The van der Waals surface area contributed by atoms with Crippen molar-refractivity contribution in [2.75, 3.05) is 0 Å². The lowest BCUT2D eigenvalue weighted by molar-refractivity contribution is 0.672. The third kappa shape index (κ3) is 1.24. The molecule has 3 nitrogen and oxygen atoms in total. The first-order chi connectivity index (χ1) is 6.74. The van der Waals surface area contributed by atoms with Gasteiger partial charge in [-0.25, -0.2) is 4.85 Å². The number of aromatic nitrogens is 1. The highest BCUT2D eigenvalue weighted by Gasteiger charge is 2.17. The Labute approximate surface area is 82.8 Å². The molecule has 0 bridgehead atoms. The molecule has 1 heterocycles. The molecule has 0 atom stereocenters. The Morgan fingerprint density at radius 2 is 2.14 bits per heavy atom. The van der Waals surface area contributed by atoms with E-state index in [-0.39, 0.29) is 5.56 Å². The Hall–Kier alpha value is -1.56. The van der Waals surface area contributed by atoms with Crippen molar-refractivity contribution in [2.45, 2.75) is 25.7 Å². The maximum absolute atomic E-state index is 11.6. The Balaban J connectivity index is 2.74. The van der Waals surface area contributed by atoms with Crippen LogP contribution < -0.4 is 5.56 Å². The Bertz CT molecular complexity index is 465. The van der Waals surface area contributed by atoms with Gasteiger partial charge in [-0.05, 0) is 30.4 Å². The van der Waals surface area contributed by atoms with Crippen molar-refractivity contribution in [3.05, 3.63) is 39.1 Å². The molecule has 14 heavy (non-hydrogen) atoms. The van der Waals surface area contributed by atoms with Crippen molar-refractivity contribution in [2.24, 2.45) is 7.05 Å². The van der Waals surface area contributed by atoms with Crippen LogP contribution >= 0.6 is 0 Å². The maximum atomic E-state index is 11.6. The molecule has 3 heteroatoms. The molecule has 0 saturated heterocycles. The van der Waals surface area contributed by atoms with Crippen LogP contribution in [0.2, 0.25) is 0 Å². The predicted molar refractivity (Wildman–Crippen MR) is 54.6 cm³/mol. The van der Waals surface area contributed by atoms with E-state index in [4.69, 9.17) is 6.57 Å². The molecule has 0 saturated carbocycles. The quantitative estimate of drug-likeness (QED) is 0.570. The van der Waals surface area contributed by atoms with E-state index < -0.39 is 0 Å². The molecular formula is C11H12N2O. The molecule has 0 aliphatic heterocycles. The molecule has 72 valence electrons. The topological polar surface area (TPSA) is 26.4 Å². The van der Waals surface area contributed by atoms with Gasteiger partial charge in [0.2, 0.25) is 0 Å². The fraction of sp³-hybridized carbons (Fsp3) is 0.455. The summed E-state index contributed by atoms with van der Waals surface area (Å²) in [6, 6.07) is 0. The maximum Gasteiger partial charge on any atom is 0.256 e. The van der Waals surface area contributed by atoms with Gasteiger partial charge in [0.15, 0.2) is 0 Å². The molecule has 0 unspecified atom stereocenters. The van der Waals surface area contributed by atoms with Gasteiger partial charge in [-0.15, -0.1) is 0 Å². The van der Waals surface area contributed by atoms with Crippen molar-refractivity contribution in [3.8, 4) is 0 Å². The summed E-state index contributed by atoms with van der Waals surface area (Å²) < 4.78 is 1.53. The minimum absolute atomic E-state index is 0.152. The average molecular weight is 188 g/mol. The number of hydrogen-bond donors (Lipinski definition) is 0. The van der Waals surface area contributed by atoms with Crippen molar-refractivity contribution >= 4 is 5.69 Å². The predicted octanol–water partition coefficient (Wildman–Crippen LogP) is 1.81. The number of rotatable bonds is 0. The number of nitrogens with zero attached hydrogens (tertiary/aromatic N) is 2. The van der Waals surface area contributed by atoms with Crippen LogP contribution in [0.4, 0.5) is 5.69 Å². The molecule has 1 aromatic heterocycles. The van der Waals surface area contributed by atoms with Crippen LogP contribution in [-0.4, -0.2) is 4.57 Å². The van der Waals surface area contributed by atoms with Gasteiger partial charge in [0.25, 0.3) is 11.2 Å². The van der Waals surface area contributed by atoms with E-state index in [2.05, 4.69) is 4.85 Å². The smallest absolute Gasteiger partial charge is 0.256 e. The van der Waals surface area contributed by atoms with Gasteiger partial charge in [0.05, 0.1) is 6.57 Å². The lowest BCUT2D eigenvalue weighted by Gasteiger charge is -2.17. The molecule has 0 amide bonds. The zero-order chi connectivity index (χ0) is 10.1. The van der Waals surface area contributed by atoms with Crippen LogP contribution in [-0.2, 0) is 19.9 Å². The fourth-order valence-electron chi connectivity index (χ4n) is 2.05. The highest BCUT2D eigenvalue weighted by atomic mass is 16.1. The molecule has 0 radical (unpaired) electrons. The minimum atomic E-state index is -0.152. The molecule has 0 aromatic carbocycles. The first-order valence-corrected chi connectivity index (χ1v) is 4.83. The van der Waals surface area contributed by atoms with Gasteiger partial charge in [0, 0.05) is 13.2 Å². The molecule has 0 fully saturated rings. The minimum Gasteiger partial charge on any atom is -0.327 e. The Morgan fingerprint density at radius 3 is 2.86 bits per heavy atom. The zero-order valence-corrected chi connectivity index (χ0v) is 8.21. The standard InChI is InChI=1S/C11H12N2O/c1-12-10-9-6-4-3-5-8(9)7-13(2)11(10)14/h7H,3-6H2,2H3. The summed E-state index contributed by atoms with van der Waals surface area (Å²) in [5, 5.41) is 0. The number of aryl methyl sites for hydroxylation is 2. The molecule has 1 aliphatic carbocycles. The van der Waals surface area contributed by atoms with Crippen molar-refractivity contribution < 1.29 is 0 Å². The lowest BCUT2D eigenvalue weighted by atomic mass is 9.92. The van der Waals surface area contributed by atoms with Crippen LogP contribution in [0.15, 0.2) is 11.0 Å². The van der Waals surface area contributed by atoms with Crippen LogP contribution in [0.1, 0.15) is 24.0 Å². The second-order valence-electron chi connectivity index (χ2n) is 3.72. The largest absolute Gasteiger partial charge is 0.327 e. The summed E-state index contributed by atoms with van der Waals surface area (Å²) in [5.74, 6) is 0. The zero-order valence-electron chi connectivity index (χ0n) is 8.21. The van der Waals surface area contributed by atoms with Gasteiger partial charge in [-0.3, -0.25) is 4.79 Å². The van der Waals surface area contributed by atoms with E-state index in [1.165, 1.54) is 16.6 Å². The summed E-state index contributed by atoms with van der Waals surface area (Å²) in [6.45, 7) is 7.03. The molecule has 0 spiro atoms. The van der Waals surface area contributed by atoms with E-state index >= 15 is 0 Å². The summed E-state index contributed by atoms with van der Waals surface area (Å²) in [5.41, 5.74) is 2.36. The molecule has 1 aliphatic rings. The first kappa shape index (κ1) is 9.01. The Morgan fingerprint density at radius 1 is 1.43 bits per heavy atom. The summed E-state index contributed by atoms with van der Waals surface area (Å²) in [6.07, 6.45) is 6.05. The van der Waals surface area contributed by atoms with Gasteiger partial charge in [-0.2, -0.15) is 0 Å². The van der Waals surface area contributed by atoms with E-state index in [1.807, 2.05) is 6.20 Å². The van der Waals surface area contributed by atoms with E-state index in [1.54, 1.807) is 7.05 Å². The van der Waals surface area contributed by atoms with Crippen molar-refractivity contribution in [3.63, 3.8) is 0 Å². The average Bonchev–Trinajstić information content (AvgIpc) is 2.20. The molecule has 0 N–H and O–H groups in total. The summed E-state index contributed by atoms with van der Waals surface area (Å²) in [7, 11) is 1.71. The van der Waals surface area contributed by atoms with Crippen LogP contribution in [0.25, 0.3) is 4.85 Å². The van der Waals surface area contributed by atoms with Crippen LogP contribution in [0, 0.1) is 6.57 Å². The van der Waals surface area contributed by atoms with Gasteiger partial charge in [-0.1, -0.05) is 6.42 Å². The SMILES string of the molecule is [C-]#[N+]c1c2c(cn(C)c1=O)CCCC2. The van der Waals surface area contributed by atoms with Crippen LogP contribution in [0.5, 0.6) is 0 Å². The summed E-state index contributed by atoms with van der Waals surface area (Å²) in [4.78, 5) is 15.0. The highest BCUT2D eigenvalue weighted by Crippen LogP contribution is 2.26.